The summed E-state index contributed by atoms with van der Waals surface area (Å²) in [6, 6.07) is -0.926. The van der Waals surface area contributed by atoms with Crippen LogP contribution in [-0.2, 0) is 19.9 Å². The second kappa shape index (κ2) is 1.69. The van der Waals surface area contributed by atoms with Crippen LogP contribution < -0.4 is 5.73 Å². The smallest absolute Gasteiger partial charge is 0.348 e. The van der Waals surface area contributed by atoms with Gasteiger partial charge >= 0.3 is 17.4 Å². The molecule has 0 aromatic heterocycles. The van der Waals surface area contributed by atoms with E-state index in [-0.39, 0.29) is 0 Å². The Bertz CT molecular complexity index is 137. The van der Waals surface area contributed by atoms with Crippen LogP contribution in [0.2, 0.25) is 0 Å². The van der Waals surface area contributed by atoms with Gasteiger partial charge in [-0.3, -0.25) is 0 Å². The first-order valence-corrected chi connectivity index (χ1v) is 2.58. The monoisotopic (exact) mass is 138 g/mol. The first kappa shape index (κ1) is 5.48. The van der Waals surface area contributed by atoms with Gasteiger partial charge in [0.2, 0.25) is 0 Å². The van der Waals surface area contributed by atoms with Gasteiger partial charge < -0.3 is 5.73 Å². The first-order valence-electron chi connectivity index (χ1n) is 1.58. The summed E-state index contributed by atoms with van der Waals surface area (Å²) >= 11 is -1.82. The van der Waals surface area contributed by atoms with E-state index in [1.165, 1.54) is 0 Å². The van der Waals surface area contributed by atoms with Gasteiger partial charge in [0.1, 0.15) is 0 Å². The number of nitrogens with two attached hydrogens (primary N) is 1. The van der Waals surface area contributed by atoms with Crippen molar-refractivity contribution in [1.29, 1.82) is 0 Å². The summed E-state index contributed by atoms with van der Waals surface area (Å²) in [4.78, 5) is 9.89. The summed E-state index contributed by atoms with van der Waals surface area (Å²) in [5.41, 5.74) is 4.56. The second-order valence-corrected chi connectivity index (χ2v) is 1.65. The van der Waals surface area contributed by atoms with Gasteiger partial charge in [0.05, 0.1) is 0 Å². The number of amides is 2. The molecule has 0 spiro atoms. The van der Waals surface area contributed by atoms with Crippen LogP contribution in [0.25, 0.3) is 0 Å². The molecule has 2 amide bonds. The third-order valence-corrected chi connectivity index (χ3v) is 0.951. The highest BCUT2D eigenvalue weighted by molar-refractivity contribution is 7.75. The van der Waals surface area contributed by atoms with E-state index in [1.807, 2.05) is 0 Å². The van der Waals surface area contributed by atoms with Crippen molar-refractivity contribution in [2.45, 2.75) is 0 Å². The van der Waals surface area contributed by atoms with Crippen LogP contribution in [0.3, 0.4) is 0 Å². The van der Waals surface area contributed by atoms with E-state index < -0.39 is 17.4 Å². The van der Waals surface area contributed by atoms with Crippen LogP contribution in [0, 0.1) is 0 Å². The number of primary amides is 1. The molecular weight excluding hydrogens is 136 g/mol. The SMILES string of the molecule is NC(=O)N1OS(=O)O1. The molecule has 0 bridgehead atoms. The van der Waals surface area contributed by atoms with Crippen molar-refractivity contribution in [3.63, 3.8) is 0 Å². The van der Waals surface area contributed by atoms with Gasteiger partial charge in [-0.1, -0.05) is 0 Å². The molecule has 1 rings (SSSR count). The lowest BCUT2D eigenvalue weighted by Crippen LogP contribution is -2.45. The van der Waals surface area contributed by atoms with Crippen molar-refractivity contribution < 1.29 is 17.6 Å². The summed E-state index contributed by atoms with van der Waals surface area (Å²) in [5.74, 6) is 0. The molecule has 2 N–H and O–H groups in total. The lowest BCUT2D eigenvalue weighted by molar-refractivity contribution is -0.267. The predicted molar refractivity (Wildman–Crippen MR) is 21.7 cm³/mol. The maximum absolute atomic E-state index is 9.89. The van der Waals surface area contributed by atoms with Gasteiger partial charge in [-0.25, -0.2) is 4.79 Å². The zero-order valence-corrected chi connectivity index (χ0v) is 4.38. The number of carbonyl (C=O) groups excluding carboxylic acids is 1. The molecule has 1 aliphatic heterocycles. The first-order chi connectivity index (χ1) is 3.70. The van der Waals surface area contributed by atoms with E-state index in [1.54, 1.807) is 0 Å². The molecule has 0 saturated carbocycles. The average Bonchev–Trinajstić information content (AvgIpc) is 1.57. The summed E-state index contributed by atoms with van der Waals surface area (Å²) in [5, 5.41) is 0.329. The van der Waals surface area contributed by atoms with E-state index in [4.69, 9.17) is 0 Å². The third-order valence-electron chi connectivity index (χ3n) is 0.437. The third kappa shape index (κ3) is 0.782. The summed E-state index contributed by atoms with van der Waals surface area (Å²) in [6.45, 7) is 0. The predicted octanol–water partition coefficient (Wildman–Crippen LogP) is -1.18. The van der Waals surface area contributed by atoms with Crippen LogP contribution >= 0.6 is 0 Å². The van der Waals surface area contributed by atoms with Gasteiger partial charge in [0.15, 0.2) is 0 Å². The molecule has 0 aliphatic carbocycles. The number of nitrogens with zero attached hydrogens (tertiary/aromatic N) is 1. The van der Waals surface area contributed by atoms with Crippen LogP contribution in [0.4, 0.5) is 4.79 Å². The summed E-state index contributed by atoms with van der Waals surface area (Å²) in [6.07, 6.45) is 0. The van der Waals surface area contributed by atoms with Crippen molar-refractivity contribution >= 4 is 17.4 Å². The molecule has 1 fully saturated rings. The fourth-order valence-electron chi connectivity index (χ4n) is 0.190. The van der Waals surface area contributed by atoms with Crippen LogP contribution in [0.5, 0.6) is 0 Å². The van der Waals surface area contributed by atoms with Gasteiger partial charge in [0.25, 0.3) is 0 Å². The van der Waals surface area contributed by atoms with Gasteiger partial charge in [-0.2, -0.15) is 4.21 Å². The number of rotatable bonds is 0. The van der Waals surface area contributed by atoms with E-state index in [2.05, 4.69) is 14.3 Å². The number of carbonyl (C=O) groups is 1. The van der Waals surface area contributed by atoms with E-state index >= 15 is 0 Å². The maximum atomic E-state index is 9.89. The van der Waals surface area contributed by atoms with Gasteiger partial charge in [-0.15, -0.1) is 8.57 Å². The molecule has 6 nitrogen and oxygen atoms in total. The Morgan fingerprint density at radius 1 is 1.62 bits per heavy atom. The molecule has 1 saturated heterocycles. The maximum Gasteiger partial charge on any atom is 0.366 e. The molecule has 1 heterocycles. The summed E-state index contributed by atoms with van der Waals surface area (Å²) < 4.78 is 17.8. The van der Waals surface area contributed by atoms with Crippen molar-refractivity contribution in [1.82, 2.24) is 5.23 Å². The number of hydroxylamine groups is 2. The lowest BCUT2D eigenvalue weighted by atomic mass is 11.1. The molecule has 8 heavy (non-hydrogen) atoms. The Morgan fingerprint density at radius 2 is 2.12 bits per heavy atom. The molecular formula is CH2N2O4S. The fourth-order valence-corrected chi connectivity index (χ4v) is 0.569. The molecule has 1 aliphatic rings. The van der Waals surface area contributed by atoms with Crippen molar-refractivity contribution in [3.8, 4) is 0 Å². The van der Waals surface area contributed by atoms with E-state index in [0.717, 1.165) is 0 Å². The Balaban J connectivity index is 2.35. The minimum atomic E-state index is -1.82. The highest BCUT2D eigenvalue weighted by atomic mass is 32.2. The topological polar surface area (TPSA) is 81.9 Å². The van der Waals surface area contributed by atoms with Crippen molar-refractivity contribution in [2.75, 3.05) is 0 Å². The van der Waals surface area contributed by atoms with Crippen LogP contribution in [-0.4, -0.2) is 15.5 Å². The zero-order valence-electron chi connectivity index (χ0n) is 3.57. The minimum absolute atomic E-state index is 0.329. The molecule has 0 atom stereocenters. The number of hydrogen-bond acceptors (Lipinski definition) is 4. The quantitative estimate of drug-likeness (QED) is 0.457. The van der Waals surface area contributed by atoms with Gasteiger partial charge in [-0.05, 0) is 5.23 Å². The van der Waals surface area contributed by atoms with Gasteiger partial charge in [0, 0.05) is 0 Å². The Hall–Kier alpha value is -0.660. The molecule has 0 aromatic carbocycles. The Labute approximate surface area is 46.9 Å². The number of urea groups is 1. The molecule has 46 valence electrons. The number of hydrogen-bond donors (Lipinski definition) is 1. The van der Waals surface area contributed by atoms with Crippen LogP contribution in [0.1, 0.15) is 0 Å². The Morgan fingerprint density at radius 3 is 2.25 bits per heavy atom. The molecule has 0 aromatic rings. The van der Waals surface area contributed by atoms with E-state index in [9.17, 15) is 9.00 Å². The standard InChI is InChI=1S/CH2N2O4S/c2-1(4)3-6-8(5)7-3/h(H2,2,4). The molecule has 7 heteroatoms. The largest absolute Gasteiger partial charge is 0.366 e. The second-order valence-electron chi connectivity index (χ2n) is 0.949. The highest BCUT2D eigenvalue weighted by Gasteiger charge is 2.30. The lowest BCUT2D eigenvalue weighted by Gasteiger charge is -2.21. The van der Waals surface area contributed by atoms with Crippen molar-refractivity contribution in [3.05, 3.63) is 0 Å². The zero-order chi connectivity index (χ0) is 6.15. The molecule has 0 unspecified atom stereocenters. The van der Waals surface area contributed by atoms with Crippen molar-refractivity contribution in [2.24, 2.45) is 5.73 Å². The van der Waals surface area contributed by atoms with E-state index in [0.29, 0.717) is 5.23 Å². The fraction of sp³-hybridized carbons (Fsp3) is 0. The summed E-state index contributed by atoms with van der Waals surface area (Å²) in [7, 11) is 0. The molecule has 0 radical (unpaired) electrons. The highest BCUT2D eigenvalue weighted by Crippen LogP contribution is 2.09. The average molecular weight is 138 g/mol. The Kier molecular flexibility index (Phi) is 1.16. The normalized spacial score (nSPS) is 20.2. The minimum Gasteiger partial charge on any atom is -0.348 e. The van der Waals surface area contributed by atoms with Crippen LogP contribution in [0.15, 0.2) is 0 Å².